The predicted octanol–water partition coefficient (Wildman–Crippen LogP) is 3.87. The minimum atomic E-state index is -0.459. The van der Waals surface area contributed by atoms with E-state index in [2.05, 4.69) is 26.1 Å². The molecular weight excluding hydrogens is 420 g/mol. The van der Waals surface area contributed by atoms with Crippen LogP contribution in [-0.2, 0) is 25.5 Å². The Morgan fingerprint density at radius 2 is 1.85 bits per heavy atom. The highest BCUT2D eigenvalue weighted by molar-refractivity contribution is 6.07. The molecule has 7 heteroatoms. The van der Waals surface area contributed by atoms with Crippen LogP contribution in [0.2, 0.25) is 0 Å². The number of nitrogens with zero attached hydrogens (tertiary/aromatic N) is 1. The van der Waals surface area contributed by atoms with Crippen LogP contribution in [-0.4, -0.2) is 47.4 Å². The summed E-state index contributed by atoms with van der Waals surface area (Å²) in [5, 5.41) is 12.3. The largest absolute Gasteiger partial charge is 0.508 e. The first-order valence-electron chi connectivity index (χ1n) is 11.4. The number of unbranched alkanes of at least 4 members (excludes halogenated alkanes) is 1. The van der Waals surface area contributed by atoms with E-state index in [9.17, 15) is 19.5 Å². The molecule has 0 bridgehead atoms. The van der Waals surface area contributed by atoms with Crippen LogP contribution >= 0.6 is 0 Å². The molecule has 1 aromatic rings. The molecule has 0 aromatic heterocycles. The van der Waals surface area contributed by atoms with Crippen LogP contribution in [0.4, 0.5) is 0 Å². The molecule has 1 aromatic carbocycles. The van der Waals surface area contributed by atoms with Gasteiger partial charge < -0.3 is 15.2 Å². The number of ether oxygens (including phenoxy) is 1. The number of carbonyl (C=O) groups excluding carboxylic acids is 3. The highest BCUT2D eigenvalue weighted by atomic mass is 16.5. The summed E-state index contributed by atoms with van der Waals surface area (Å²) in [5.41, 5.74) is 1.17. The fraction of sp³-hybridized carbons (Fsp3) is 0.500. The van der Waals surface area contributed by atoms with E-state index < -0.39 is 11.9 Å². The van der Waals surface area contributed by atoms with Crippen LogP contribution in [0.15, 0.2) is 48.3 Å². The molecule has 3 amide bonds. The third kappa shape index (κ3) is 9.12. The van der Waals surface area contributed by atoms with E-state index in [0.717, 1.165) is 24.8 Å². The van der Waals surface area contributed by atoms with Gasteiger partial charge in [0.15, 0.2) is 0 Å². The molecule has 0 aliphatic carbocycles. The normalized spacial score (nSPS) is 16.2. The molecule has 1 aliphatic heterocycles. The Hall–Kier alpha value is -3.09. The van der Waals surface area contributed by atoms with Crippen molar-refractivity contribution in [2.45, 2.75) is 65.3 Å². The molecule has 2 rings (SSSR count). The van der Waals surface area contributed by atoms with E-state index in [-0.39, 0.29) is 23.0 Å². The summed E-state index contributed by atoms with van der Waals surface area (Å²) < 4.78 is 5.30. The quantitative estimate of drug-likeness (QED) is 0.299. The van der Waals surface area contributed by atoms with E-state index in [1.54, 1.807) is 30.3 Å². The number of hydrogen-bond acceptors (Lipinski definition) is 5. The monoisotopic (exact) mass is 456 g/mol. The molecule has 0 fully saturated rings. The molecule has 1 aliphatic rings. The number of nitrogens with one attached hydrogen (secondary N) is 1. The second kappa shape index (κ2) is 12.2. The van der Waals surface area contributed by atoms with Gasteiger partial charge in [-0.3, -0.25) is 19.3 Å². The van der Waals surface area contributed by atoms with Gasteiger partial charge in [0.1, 0.15) is 11.5 Å². The summed E-state index contributed by atoms with van der Waals surface area (Å²) in [6, 6.07) is 6.26. The number of rotatable bonds is 11. The highest BCUT2D eigenvalue weighted by Crippen LogP contribution is 2.22. The SMILES string of the molecule is COC(=CC(=O)N1C(=O)C=CC1Cc1ccc(O)cc1)CCNC(=O)CCCCC(C)(C)C. The Morgan fingerprint density at radius 1 is 1.15 bits per heavy atom. The molecule has 0 saturated heterocycles. The summed E-state index contributed by atoms with van der Waals surface area (Å²) in [6.07, 6.45) is 8.63. The smallest absolute Gasteiger partial charge is 0.257 e. The van der Waals surface area contributed by atoms with Crippen LogP contribution in [0.3, 0.4) is 0 Å². The van der Waals surface area contributed by atoms with Crippen molar-refractivity contribution < 1.29 is 24.2 Å². The first-order valence-corrected chi connectivity index (χ1v) is 11.4. The standard InChI is InChI=1S/C26H36N2O5/c1-26(2,3)15-6-5-7-23(30)27-16-14-22(33-4)18-25(32)28-20(10-13-24(28)31)17-19-8-11-21(29)12-9-19/h8-13,18,20,29H,5-7,14-17H2,1-4H3,(H,27,30). The van der Waals surface area contributed by atoms with Crippen molar-refractivity contribution in [1.29, 1.82) is 0 Å². The molecule has 7 nitrogen and oxygen atoms in total. The van der Waals surface area contributed by atoms with Crippen molar-refractivity contribution >= 4 is 17.7 Å². The van der Waals surface area contributed by atoms with Crippen molar-refractivity contribution in [3.63, 3.8) is 0 Å². The first kappa shape index (κ1) is 26.2. The maximum atomic E-state index is 12.8. The molecule has 0 saturated carbocycles. The number of methoxy groups -OCH3 is 1. The Morgan fingerprint density at radius 3 is 2.48 bits per heavy atom. The number of benzene rings is 1. The van der Waals surface area contributed by atoms with E-state index in [1.165, 1.54) is 24.2 Å². The van der Waals surface area contributed by atoms with Crippen molar-refractivity contribution in [2.75, 3.05) is 13.7 Å². The molecule has 33 heavy (non-hydrogen) atoms. The lowest BCUT2D eigenvalue weighted by Gasteiger charge is -2.22. The topological polar surface area (TPSA) is 95.9 Å². The third-order valence-electron chi connectivity index (χ3n) is 5.47. The Labute approximate surface area is 196 Å². The van der Waals surface area contributed by atoms with Crippen molar-refractivity contribution in [3.8, 4) is 5.75 Å². The molecule has 0 radical (unpaired) electrons. The number of amides is 3. The van der Waals surface area contributed by atoms with Crippen LogP contribution < -0.4 is 5.32 Å². The van der Waals surface area contributed by atoms with Gasteiger partial charge in [0.2, 0.25) is 5.91 Å². The maximum absolute atomic E-state index is 12.8. The third-order valence-corrected chi connectivity index (χ3v) is 5.47. The fourth-order valence-corrected chi connectivity index (χ4v) is 3.62. The second-order valence-corrected chi connectivity index (χ2v) is 9.53. The highest BCUT2D eigenvalue weighted by Gasteiger charge is 2.30. The summed E-state index contributed by atoms with van der Waals surface area (Å²) in [4.78, 5) is 38.3. The number of hydrogen-bond donors (Lipinski definition) is 2. The van der Waals surface area contributed by atoms with Gasteiger partial charge in [0, 0.05) is 31.5 Å². The van der Waals surface area contributed by atoms with Gasteiger partial charge >= 0.3 is 0 Å². The number of phenolic OH excluding ortho intramolecular Hbond substituents is 1. The van der Waals surface area contributed by atoms with Gasteiger partial charge in [-0.05, 0) is 42.4 Å². The first-order chi connectivity index (χ1) is 15.6. The average molecular weight is 457 g/mol. The van der Waals surface area contributed by atoms with E-state index >= 15 is 0 Å². The van der Waals surface area contributed by atoms with Gasteiger partial charge in [-0.1, -0.05) is 45.4 Å². The Bertz CT molecular complexity index is 881. The van der Waals surface area contributed by atoms with Gasteiger partial charge in [-0.25, -0.2) is 0 Å². The molecule has 180 valence electrons. The summed E-state index contributed by atoms with van der Waals surface area (Å²) in [5.74, 6) is -0.290. The molecule has 0 spiro atoms. The minimum absolute atomic E-state index is 0.0152. The lowest BCUT2D eigenvalue weighted by atomic mass is 9.89. The number of aromatic hydroxyl groups is 1. The van der Waals surface area contributed by atoms with E-state index in [1.807, 2.05) is 0 Å². The predicted molar refractivity (Wildman–Crippen MR) is 127 cm³/mol. The second-order valence-electron chi connectivity index (χ2n) is 9.53. The maximum Gasteiger partial charge on any atom is 0.257 e. The lowest BCUT2D eigenvalue weighted by molar-refractivity contribution is -0.139. The lowest BCUT2D eigenvalue weighted by Crippen LogP contribution is -2.39. The molecular formula is C26H36N2O5. The van der Waals surface area contributed by atoms with Crippen LogP contribution in [0.5, 0.6) is 5.75 Å². The molecule has 1 atom stereocenters. The van der Waals surface area contributed by atoms with E-state index in [4.69, 9.17) is 4.74 Å². The molecule has 2 N–H and O–H groups in total. The zero-order valence-corrected chi connectivity index (χ0v) is 20.1. The van der Waals surface area contributed by atoms with Crippen LogP contribution in [0, 0.1) is 5.41 Å². The Balaban J connectivity index is 1.84. The summed E-state index contributed by atoms with van der Waals surface area (Å²) >= 11 is 0. The zero-order chi connectivity index (χ0) is 24.4. The zero-order valence-electron chi connectivity index (χ0n) is 20.1. The van der Waals surface area contributed by atoms with Gasteiger partial charge in [-0.2, -0.15) is 0 Å². The van der Waals surface area contributed by atoms with E-state index in [0.29, 0.717) is 31.6 Å². The van der Waals surface area contributed by atoms with Crippen molar-refractivity contribution in [3.05, 3.63) is 53.8 Å². The summed E-state index contributed by atoms with van der Waals surface area (Å²) in [6.45, 7) is 6.92. The summed E-state index contributed by atoms with van der Waals surface area (Å²) in [7, 11) is 1.46. The Kier molecular flexibility index (Phi) is 9.70. The minimum Gasteiger partial charge on any atom is -0.508 e. The van der Waals surface area contributed by atoms with Crippen LogP contribution in [0.1, 0.15) is 58.4 Å². The molecule has 1 unspecified atom stereocenters. The number of imide groups is 1. The molecule has 1 heterocycles. The average Bonchev–Trinajstić information content (AvgIpc) is 3.11. The fourth-order valence-electron chi connectivity index (χ4n) is 3.62. The number of phenols is 1. The van der Waals surface area contributed by atoms with Crippen molar-refractivity contribution in [1.82, 2.24) is 10.2 Å². The van der Waals surface area contributed by atoms with Crippen molar-refractivity contribution in [2.24, 2.45) is 5.41 Å². The number of carbonyl (C=O) groups is 3. The van der Waals surface area contributed by atoms with Gasteiger partial charge in [0.05, 0.1) is 13.2 Å². The van der Waals surface area contributed by atoms with Gasteiger partial charge in [-0.15, -0.1) is 0 Å². The van der Waals surface area contributed by atoms with Crippen LogP contribution in [0.25, 0.3) is 0 Å². The van der Waals surface area contributed by atoms with Gasteiger partial charge in [0.25, 0.3) is 11.8 Å².